The van der Waals surface area contributed by atoms with Gasteiger partial charge < -0.3 is 14.5 Å². The van der Waals surface area contributed by atoms with Gasteiger partial charge in [-0.25, -0.2) is 4.98 Å². The molecule has 1 amide bonds. The Hall–Kier alpha value is -2.47. The smallest absolute Gasteiger partial charge is 0.248 e. The molecular formula is C20H24N4O2. The van der Waals surface area contributed by atoms with Crippen LogP contribution in [0.5, 0.6) is 0 Å². The van der Waals surface area contributed by atoms with Gasteiger partial charge in [0.15, 0.2) is 0 Å². The zero-order valence-corrected chi connectivity index (χ0v) is 14.8. The number of benzene rings is 1. The number of carbonyl (C=O) groups excluding carboxylic acids is 1. The summed E-state index contributed by atoms with van der Waals surface area (Å²) in [5.41, 5.74) is 1.09. The second kappa shape index (κ2) is 7.83. The number of hydrogen-bond acceptors (Lipinski definition) is 5. The van der Waals surface area contributed by atoms with Crippen molar-refractivity contribution in [3.63, 3.8) is 0 Å². The Balaban J connectivity index is 1.36. The molecule has 1 aromatic heterocycles. The quantitative estimate of drug-likeness (QED) is 0.825. The van der Waals surface area contributed by atoms with Gasteiger partial charge in [-0.2, -0.15) is 0 Å². The van der Waals surface area contributed by atoms with E-state index in [1.54, 1.807) is 18.6 Å². The van der Waals surface area contributed by atoms with E-state index in [0.29, 0.717) is 12.5 Å². The molecule has 1 aromatic carbocycles. The molecule has 0 unspecified atom stereocenters. The van der Waals surface area contributed by atoms with Crippen LogP contribution >= 0.6 is 0 Å². The van der Waals surface area contributed by atoms with Crippen LogP contribution in [0.15, 0.2) is 48.9 Å². The van der Waals surface area contributed by atoms with Crippen molar-refractivity contribution < 1.29 is 9.53 Å². The van der Waals surface area contributed by atoms with E-state index in [-0.39, 0.29) is 18.6 Å². The Bertz CT molecular complexity index is 725. The molecule has 3 aliphatic heterocycles. The van der Waals surface area contributed by atoms with Gasteiger partial charge in [0.05, 0.1) is 12.8 Å². The van der Waals surface area contributed by atoms with Crippen molar-refractivity contribution in [3.8, 4) is 0 Å². The van der Waals surface area contributed by atoms with E-state index in [4.69, 9.17) is 4.74 Å². The molecule has 5 rings (SSSR count). The molecule has 0 spiro atoms. The number of ether oxygens (including phenoxy) is 1. The first-order valence-electron chi connectivity index (χ1n) is 9.21. The van der Waals surface area contributed by atoms with Crippen LogP contribution in [-0.4, -0.2) is 53.1 Å². The van der Waals surface area contributed by atoms with E-state index in [1.807, 2.05) is 35.2 Å². The minimum absolute atomic E-state index is 0.0941. The molecule has 3 fully saturated rings. The summed E-state index contributed by atoms with van der Waals surface area (Å²) < 4.78 is 5.67. The van der Waals surface area contributed by atoms with Crippen molar-refractivity contribution in [2.75, 3.05) is 31.1 Å². The van der Waals surface area contributed by atoms with Gasteiger partial charge in [0, 0.05) is 38.1 Å². The standard InChI is InChI=1S/C20H24N4O2/c25-20(15-26-14-16-4-2-1-3-5-16)24-12-17-6-7-18(24)13-23(11-17)19-10-21-8-9-22-19/h1-5,8-10,17-18H,6-7,11-15H2/t17-,18+/m0/s1. The van der Waals surface area contributed by atoms with E-state index in [1.165, 1.54) is 0 Å². The zero-order valence-electron chi connectivity index (χ0n) is 14.8. The second-order valence-electron chi connectivity index (χ2n) is 7.09. The lowest BCUT2D eigenvalue weighted by Gasteiger charge is -2.36. The van der Waals surface area contributed by atoms with Crippen LogP contribution in [0.3, 0.4) is 0 Å². The van der Waals surface area contributed by atoms with E-state index in [9.17, 15) is 4.79 Å². The van der Waals surface area contributed by atoms with Crippen LogP contribution in [0.4, 0.5) is 5.82 Å². The monoisotopic (exact) mass is 352 g/mol. The maximum atomic E-state index is 12.7. The van der Waals surface area contributed by atoms with Crippen LogP contribution in [0, 0.1) is 5.92 Å². The molecule has 0 aliphatic carbocycles. The van der Waals surface area contributed by atoms with Crippen molar-refractivity contribution >= 4 is 11.7 Å². The number of rotatable bonds is 5. The number of amides is 1. The number of fused-ring (bicyclic) bond motifs is 4. The summed E-state index contributed by atoms with van der Waals surface area (Å²) >= 11 is 0. The van der Waals surface area contributed by atoms with Gasteiger partial charge in [-0.05, 0) is 24.3 Å². The van der Waals surface area contributed by atoms with E-state index in [2.05, 4.69) is 14.9 Å². The lowest BCUT2D eigenvalue weighted by Crippen LogP contribution is -2.48. The first-order valence-corrected chi connectivity index (χ1v) is 9.21. The lowest BCUT2D eigenvalue weighted by molar-refractivity contribution is -0.140. The largest absolute Gasteiger partial charge is 0.367 e. The topological polar surface area (TPSA) is 58.6 Å². The molecule has 0 N–H and O–H groups in total. The van der Waals surface area contributed by atoms with Crippen LogP contribution in [0.25, 0.3) is 0 Å². The highest BCUT2D eigenvalue weighted by Crippen LogP contribution is 2.29. The molecule has 4 heterocycles. The molecule has 2 atom stereocenters. The Labute approximate surface area is 153 Å². The van der Waals surface area contributed by atoms with Gasteiger partial charge in [-0.15, -0.1) is 0 Å². The normalized spacial score (nSPS) is 22.3. The molecule has 2 bridgehead atoms. The maximum Gasteiger partial charge on any atom is 0.248 e. The fourth-order valence-corrected chi connectivity index (χ4v) is 3.94. The fourth-order valence-electron chi connectivity index (χ4n) is 3.94. The summed E-state index contributed by atoms with van der Waals surface area (Å²) in [7, 11) is 0. The van der Waals surface area contributed by atoms with Crippen LogP contribution < -0.4 is 4.90 Å². The van der Waals surface area contributed by atoms with Gasteiger partial charge in [0.25, 0.3) is 0 Å². The third kappa shape index (κ3) is 3.85. The van der Waals surface area contributed by atoms with Gasteiger partial charge in [-0.3, -0.25) is 9.78 Å². The highest BCUT2D eigenvalue weighted by atomic mass is 16.5. The number of carbonyl (C=O) groups is 1. The average molecular weight is 352 g/mol. The first kappa shape index (κ1) is 17.0. The SMILES string of the molecule is O=C(COCc1ccccc1)N1C[C@H]2CC[C@@H]1CN(c1cnccn1)C2. The van der Waals surface area contributed by atoms with Crippen LogP contribution in [-0.2, 0) is 16.1 Å². The van der Waals surface area contributed by atoms with E-state index < -0.39 is 0 Å². The summed E-state index contributed by atoms with van der Waals surface area (Å²) in [5, 5.41) is 0. The number of aromatic nitrogens is 2. The molecule has 2 aromatic rings. The Morgan fingerprint density at radius 3 is 2.81 bits per heavy atom. The molecule has 6 nitrogen and oxygen atoms in total. The average Bonchev–Trinajstić information content (AvgIpc) is 3.01. The molecule has 6 heteroatoms. The summed E-state index contributed by atoms with van der Waals surface area (Å²) in [5.74, 6) is 1.48. The summed E-state index contributed by atoms with van der Waals surface area (Å²) in [4.78, 5) is 25.6. The maximum absolute atomic E-state index is 12.7. The van der Waals surface area contributed by atoms with Crippen molar-refractivity contribution in [2.45, 2.75) is 25.5 Å². The van der Waals surface area contributed by atoms with E-state index in [0.717, 1.165) is 43.9 Å². The summed E-state index contributed by atoms with van der Waals surface area (Å²) in [6, 6.07) is 10.2. The second-order valence-corrected chi connectivity index (χ2v) is 7.09. The molecule has 0 saturated carbocycles. The molecule has 3 saturated heterocycles. The first-order chi connectivity index (χ1) is 12.8. The minimum Gasteiger partial charge on any atom is -0.367 e. The molecule has 26 heavy (non-hydrogen) atoms. The molecule has 136 valence electrons. The van der Waals surface area contributed by atoms with E-state index >= 15 is 0 Å². The highest BCUT2D eigenvalue weighted by molar-refractivity contribution is 5.78. The Morgan fingerprint density at radius 2 is 2.00 bits per heavy atom. The Morgan fingerprint density at radius 1 is 1.12 bits per heavy atom. The minimum atomic E-state index is 0.0941. The molecule has 3 aliphatic rings. The number of anilines is 1. The van der Waals surface area contributed by atoms with Crippen LogP contribution in [0.2, 0.25) is 0 Å². The number of piperidine rings is 1. The third-order valence-corrected chi connectivity index (χ3v) is 5.24. The third-order valence-electron chi connectivity index (χ3n) is 5.24. The predicted molar refractivity (Wildman–Crippen MR) is 98.6 cm³/mol. The zero-order chi connectivity index (χ0) is 17.8. The highest BCUT2D eigenvalue weighted by Gasteiger charge is 2.37. The van der Waals surface area contributed by atoms with Gasteiger partial charge >= 0.3 is 0 Å². The van der Waals surface area contributed by atoms with Crippen molar-refractivity contribution in [1.82, 2.24) is 14.9 Å². The van der Waals surface area contributed by atoms with Crippen molar-refractivity contribution in [1.29, 1.82) is 0 Å². The Kier molecular flexibility index (Phi) is 5.11. The summed E-state index contributed by atoms with van der Waals surface area (Å²) in [6.45, 7) is 3.18. The van der Waals surface area contributed by atoms with Gasteiger partial charge in [0.1, 0.15) is 12.4 Å². The fraction of sp³-hybridized carbons (Fsp3) is 0.450. The summed E-state index contributed by atoms with van der Waals surface area (Å²) in [6.07, 6.45) is 7.43. The van der Waals surface area contributed by atoms with Crippen molar-refractivity contribution in [3.05, 3.63) is 54.5 Å². The molecule has 0 radical (unpaired) electrons. The van der Waals surface area contributed by atoms with Crippen LogP contribution in [0.1, 0.15) is 18.4 Å². The van der Waals surface area contributed by atoms with Gasteiger partial charge in [-0.1, -0.05) is 30.3 Å². The predicted octanol–water partition coefficient (Wildman–Crippen LogP) is 2.12. The van der Waals surface area contributed by atoms with Gasteiger partial charge in [0.2, 0.25) is 5.91 Å². The van der Waals surface area contributed by atoms with Crippen molar-refractivity contribution in [2.24, 2.45) is 5.92 Å². The number of hydrogen-bond donors (Lipinski definition) is 0. The molecular weight excluding hydrogens is 328 g/mol. The number of nitrogens with zero attached hydrogens (tertiary/aromatic N) is 4. The lowest BCUT2D eigenvalue weighted by atomic mass is 9.95.